The lowest BCUT2D eigenvalue weighted by Crippen LogP contribution is -2.30. The van der Waals surface area contributed by atoms with Gasteiger partial charge in [-0.2, -0.15) is 4.98 Å². The van der Waals surface area contributed by atoms with E-state index in [0.29, 0.717) is 11.7 Å². The van der Waals surface area contributed by atoms with Crippen molar-refractivity contribution in [2.75, 3.05) is 19.6 Å². The van der Waals surface area contributed by atoms with E-state index in [4.69, 9.17) is 10.3 Å². The first kappa shape index (κ1) is 14.7. The summed E-state index contributed by atoms with van der Waals surface area (Å²) in [6.07, 6.45) is 5.46. The maximum atomic E-state index is 6.17. The molecular weight excluding hydrogens is 284 g/mol. The van der Waals surface area contributed by atoms with E-state index in [-0.39, 0.29) is 6.04 Å². The third-order valence-corrected chi connectivity index (χ3v) is 4.80. The third-order valence-electron chi connectivity index (χ3n) is 3.86. The number of likely N-dealkylation sites (tertiary alicyclic amines) is 1. The number of rotatable bonds is 7. The van der Waals surface area contributed by atoms with Crippen molar-refractivity contribution in [1.82, 2.24) is 15.0 Å². The van der Waals surface area contributed by atoms with E-state index >= 15 is 0 Å². The van der Waals surface area contributed by atoms with Gasteiger partial charge in [0.15, 0.2) is 5.82 Å². The zero-order valence-corrected chi connectivity index (χ0v) is 13.0. The highest BCUT2D eigenvalue weighted by molar-refractivity contribution is 7.09. The minimum atomic E-state index is -0.141. The Kier molecular flexibility index (Phi) is 5.00. The number of thiophene rings is 1. The SMILES string of the molecule is NC(CN1CCCC1)c1noc(CCCc2cccs2)n1. The zero-order valence-electron chi connectivity index (χ0n) is 12.2. The Balaban J connectivity index is 1.46. The fourth-order valence-corrected chi connectivity index (χ4v) is 3.47. The molecule has 1 atom stereocenters. The van der Waals surface area contributed by atoms with Crippen molar-refractivity contribution in [2.45, 2.75) is 38.1 Å². The molecule has 0 aromatic carbocycles. The second-order valence-electron chi connectivity index (χ2n) is 5.59. The molecule has 1 aliphatic rings. The average molecular weight is 306 g/mol. The quantitative estimate of drug-likeness (QED) is 0.850. The highest BCUT2D eigenvalue weighted by Gasteiger charge is 2.19. The van der Waals surface area contributed by atoms with E-state index in [9.17, 15) is 0 Å². The van der Waals surface area contributed by atoms with Crippen LogP contribution in [0.1, 0.15) is 41.9 Å². The minimum Gasteiger partial charge on any atom is -0.339 e. The maximum absolute atomic E-state index is 6.17. The van der Waals surface area contributed by atoms with Crippen LogP contribution in [-0.2, 0) is 12.8 Å². The Labute approximate surface area is 129 Å². The van der Waals surface area contributed by atoms with E-state index in [1.807, 2.05) is 0 Å². The Hall–Kier alpha value is -1.24. The summed E-state index contributed by atoms with van der Waals surface area (Å²) in [6, 6.07) is 4.11. The molecule has 0 aliphatic carbocycles. The summed E-state index contributed by atoms with van der Waals surface area (Å²) in [7, 11) is 0. The summed E-state index contributed by atoms with van der Waals surface area (Å²) < 4.78 is 5.31. The van der Waals surface area contributed by atoms with Crippen molar-refractivity contribution in [3.05, 3.63) is 34.1 Å². The van der Waals surface area contributed by atoms with Crippen LogP contribution in [-0.4, -0.2) is 34.7 Å². The minimum absolute atomic E-state index is 0.141. The predicted molar refractivity (Wildman–Crippen MR) is 83.2 cm³/mol. The first-order chi connectivity index (χ1) is 10.3. The normalized spacial score (nSPS) is 17.4. The molecule has 3 heterocycles. The van der Waals surface area contributed by atoms with E-state index in [1.165, 1.54) is 17.7 Å². The number of nitrogens with two attached hydrogens (primary N) is 1. The smallest absolute Gasteiger partial charge is 0.226 e. The molecule has 2 aromatic rings. The standard InChI is InChI=1S/C15H22N4OS/c16-13(11-19-8-1-2-9-19)15-17-14(20-18-15)7-3-5-12-6-4-10-21-12/h4,6,10,13H,1-3,5,7-9,11,16H2. The lowest BCUT2D eigenvalue weighted by Gasteiger charge is -2.17. The van der Waals surface area contributed by atoms with Gasteiger partial charge in [-0.15, -0.1) is 11.3 Å². The summed E-state index contributed by atoms with van der Waals surface area (Å²) in [4.78, 5) is 8.22. The van der Waals surface area contributed by atoms with E-state index in [0.717, 1.165) is 38.9 Å². The van der Waals surface area contributed by atoms with Crippen molar-refractivity contribution in [3.63, 3.8) is 0 Å². The highest BCUT2D eigenvalue weighted by Crippen LogP contribution is 2.15. The van der Waals surface area contributed by atoms with E-state index in [1.54, 1.807) is 11.3 Å². The summed E-state index contributed by atoms with van der Waals surface area (Å²) in [6.45, 7) is 3.10. The molecule has 0 radical (unpaired) electrons. The Morgan fingerprint density at radius 2 is 2.19 bits per heavy atom. The fraction of sp³-hybridized carbons (Fsp3) is 0.600. The van der Waals surface area contributed by atoms with Crippen molar-refractivity contribution in [3.8, 4) is 0 Å². The monoisotopic (exact) mass is 306 g/mol. The van der Waals surface area contributed by atoms with Gasteiger partial charge in [0, 0.05) is 17.8 Å². The lowest BCUT2D eigenvalue weighted by atomic mass is 10.2. The number of aromatic nitrogens is 2. The Morgan fingerprint density at radius 1 is 1.33 bits per heavy atom. The van der Waals surface area contributed by atoms with Gasteiger partial charge in [0.05, 0.1) is 6.04 Å². The molecule has 3 rings (SSSR count). The topological polar surface area (TPSA) is 68.2 Å². The Morgan fingerprint density at radius 3 is 2.95 bits per heavy atom. The van der Waals surface area contributed by atoms with E-state index in [2.05, 4.69) is 32.6 Å². The molecule has 2 aromatic heterocycles. The van der Waals surface area contributed by atoms with Crippen LogP contribution in [0.3, 0.4) is 0 Å². The molecule has 1 saturated heterocycles. The van der Waals surface area contributed by atoms with Crippen LogP contribution in [0.4, 0.5) is 0 Å². The van der Waals surface area contributed by atoms with Crippen LogP contribution in [0, 0.1) is 0 Å². The summed E-state index contributed by atoms with van der Waals surface area (Å²) in [5.41, 5.74) is 6.17. The molecule has 1 aliphatic heterocycles. The molecule has 114 valence electrons. The van der Waals surface area contributed by atoms with Crippen molar-refractivity contribution < 1.29 is 4.52 Å². The summed E-state index contributed by atoms with van der Waals surface area (Å²) >= 11 is 1.79. The molecule has 0 bridgehead atoms. The number of hydrogen-bond donors (Lipinski definition) is 1. The zero-order chi connectivity index (χ0) is 14.5. The molecule has 6 heteroatoms. The van der Waals surface area contributed by atoms with Crippen LogP contribution in [0.15, 0.2) is 22.0 Å². The van der Waals surface area contributed by atoms with Gasteiger partial charge < -0.3 is 15.2 Å². The predicted octanol–water partition coefficient (Wildman–Crippen LogP) is 2.40. The van der Waals surface area contributed by atoms with Gasteiger partial charge in [-0.25, -0.2) is 0 Å². The summed E-state index contributed by atoms with van der Waals surface area (Å²) in [5.74, 6) is 1.35. The molecule has 1 unspecified atom stereocenters. The van der Waals surface area contributed by atoms with Gasteiger partial charge >= 0.3 is 0 Å². The van der Waals surface area contributed by atoms with Gasteiger partial charge in [0.1, 0.15) is 0 Å². The average Bonchev–Trinajstić information content (AvgIpc) is 3.21. The van der Waals surface area contributed by atoms with Crippen LogP contribution in [0.5, 0.6) is 0 Å². The van der Waals surface area contributed by atoms with Crippen molar-refractivity contribution in [2.24, 2.45) is 5.73 Å². The Bertz CT molecular complexity index is 534. The molecule has 0 spiro atoms. The van der Waals surface area contributed by atoms with E-state index < -0.39 is 0 Å². The highest BCUT2D eigenvalue weighted by atomic mass is 32.1. The van der Waals surface area contributed by atoms with Crippen LogP contribution in [0.2, 0.25) is 0 Å². The van der Waals surface area contributed by atoms with Gasteiger partial charge in [0.25, 0.3) is 0 Å². The van der Waals surface area contributed by atoms with Crippen LogP contribution < -0.4 is 5.73 Å². The molecule has 0 amide bonds. The van der Waals surface area contributed by atoms with Crippen molar-refractivity contribution in [1.29, 1.82) is 0 Å². The van der Waals surface area contributed by atoms with Gasteiger partial charge in [0.2, 0.25) is 5.89 Å². The maximum Gasteiger partial charge on any atom is 0.226 e. The second kappa shape index (κ2) is 7.15. The van der Waals surface area contributed by atoms with Gasteiger partial charge in [-0.3, -0.25) is 0 Å². The largest absolute Gasteiger partial charge is 0.339 e. The first-order valence-corrected chi connectivity index (χ1v) is 8.52. The summed E-state index contributed by atoms with van der Waals surface area (Å²) in [5, 5.41) is 6.15. The molecule has 0 saturated carbocycles. The lowest BCUT2D eigenvalue weighted by molar-refractivity contribution is 0.305. The van der Waals surface area contributed by atoms with Crippen LogP contribution in [0.25, 0.3) is 0 Å². The fourth-order valence-electron chi connectivity index (χ4n) is 2.71. The van der Waals surface area contributed by atoms with Crippen LogP contribution >= 0.6 is 11.3 Å². The molecule has 5 nitrogen and oxygen atoms in total. The number of aryl methyl sites for hydroxylation is 2. The molecule has 1 fully saturated rings. The number of nitrogens with zero attached hydrogens (tertiary/aromatic N) is 3. The second-order valence-corrected chi connectivity index (χ2v) is 6.63. The van der Waals surface area contributed by atoms with Gasteiger partial charge in [-0.1, -0.05) is 11.2 Å². The number of hydrogen-bond acceptors (Lipinski definition) is 6. The first-order valence-electron chi connectivity index (χ1n) is 7.64. The third kappa shape index (κ3) is 4.12. The van der Waals surface area contributed by atoms with Crippen molar-refractivity contribution >= 4 is 11.3 Å². The van der Waals surface area contributed by atoms with Gasteiger partial charge in [-0.05, 0) is 50.2 Å². The molecule has 2 N–H and O–H groups in total. The molecular formula is C15H22N4OS. The molecule has 21 heavy (non-hydrogen) atoms.